The van der Waals surface area contributed by atoms with Gasteiger partial charge in [0.1, 0.15) is 0 Å². The van der Waals surface area contributed by atoms with Crippen molar-refractivity contribution in [3.05, 3.63) is 0 Å². The predicted octanol–water partition coefficient (Wildman–Crippen LogP) is 3.51. The topological polar surface area (TPSA) is 20.2 Å². The van der Waals surface area contributed by atoms with Gasteiger partial charge in [-0.15, -0.1) is 0 Å². The molecule has 0 bridgehead atoms. The third-order valence-corrected chi connectivity index (χ3v) is 4.37. The standard InChI is InChI=1S/C13H24O/c1-2-3-4-7-10-13(14)11-8-5-6-9-12(11)13/h11-12,14H,2-10H2,1H3. The van der Waals surface area contributed by atoms with E-state index in [9.17, 15) is 5.11 Å². The Hall–Kier alpha value is -0.0400. The molecule has 0 saturated heterocycles. The van der Waals surface area contributed by atoms with Crippen LogP contribution >= 0.6 is 0 Å². The lowest BCUT2D eigenvalue weighted by Gasteiger charge is -2.09. The van der Waals surface area contributed by atoms with E-state index < -0.39 is 0 Å². The van der Waals surface area contributed by atoms with E-state index in [-0.39, 0.29) is 5.60 Å². The largest absolute Gasteiger partial charge is 0.389 e. The van der Waals surface area contributed by atoms with E-state index in [4.69, 9.17) is 0 Å². The molecule has 0 aromatic carbocycles. The summed E-state index contributed by atoms with van der Waals surface area (Å²) in [4.78, 5) is 0. The van der Waals surface area contributed by atoms with Gasteiger partial charge in [0.05, 0.1) is 5.60 Å². The van der Waals surface area contributed by atoms with E-state index >= 15 is 0 Å². The van der Waals surface area contributed by atoms with Gasteiger partial charge < -0.3 is 5.11 Å². The van der Waals surface area contributed by atoms with Crippen LogP contribution in [-0.2, 0) is 0 Å². The second-order valence-corrected chi connectivity index (χ2v) is 5.30. The Morgan fingerprint density at radius 2 is 1.71 bits per heavy atom. The summed E-state index contributed by atoms with van der Waals surface area (Å²) in [5.74, 6) is 1.38. The highest BCUT2D eigenvalue weighted by molar-refractivity contribution is 5.12. The Kier molecular flexibility index (Phi) is 3.16. The van der Waals surface area contributed by atoms with E-state index in [1.165, 1.54) is 51.4 Å². The summed E-state index contributed by atoms with van der Waals surface area (Å²) in [6.45, 7) is 2.24. The molecular formula is C13H24O. The average Bonchev–Trinajstić information content (AvgIpc) is 2.81. The molecule has 2 saturated carbocycles. The first-order valence-corrected chi connectivity index (χ1v) is 6.51. The monoisotopic (exact) mass is 196 g/mol. The fourth-order valence-electron chi connectivity index (χ4n) is 3.42. The predicted molar refractivity (Wildman–Crippen MR) is 59.2 cm³/mol. The Morgan fingerprint density at radius 1 is 1.07 bits per heavy atom. The SMILES string of the molecule is CCCCCCC1(O)C2CCCCC21. The first kappa shape index (κ1) is 10.5. The summed E-state index contributed by atoms with van der Waals surface area (Å²) in [6.07, 6.45) is 11.6. The lowest BCUT2D eigenvalue weighted by atomic mass is 10.0. The van der Waals surface area contributed by atoms with Crippen LogP contribution in [0.5, 0.6) is 0 Å². The van der Waals surface area contributed by atoms with Crippen LogP contribution in [0.15, 0.2) is 0 Å². The molecule has 14 heavy (non-hydrogen) atoms. The van der Waals surface area contributed by atoms with Gasteiger partial charge in [-0.2, -0.15) is 0 Å². The zero-order chi connectivity index (χ0) is 10.0. The molecule has 2 rings (SSSR count). The average molecular weight is 196 g/mol. The van der Waals surface area contributed by atoms with Gasteiger partial charge >= 0.3 is 0 Å². The van der Waals surface area contributed by atoms with Crippen LogP contribution in [-0.4, -0.2) is 10.7 Å². The molecule has 0 aromatic rings. The molecule has 82 valence electrons. The van der Waals surface area contributed by atoms with Gasteiger partial charge in [-0.1, -0.05) is 45.4 Å². The molecule has 0 aliphatic heterocycles. The molecule has 0 heterocycles. The van der Waals surface area contributed by atoms with Crippen LogP contribution in [0.3, 0.4) is 0 Å². The minimum Gasteiger partial charge on any atom is -0.389 e. The highest BCUT2D eigenvalue weighted by Gasteiger charge is 2.62. The van der Waals surface area contributed by atoms with E-state index in [1.54, 1.807) is 0 Å². The molecule has 0 radical (unpaired) electrons. The van der Waals surface area contributed by atoms with Crippen LogP contribution in [0.25, 0.3) is 0 Å². The summed E-state index contributed by atoms with van der Waals surface area (Å²) < 4.78 is 0. The van der Waals surface area contributed by atoms with Crippen molar-refractivity contribution in [1.29, 1.82) is 0 Å². The molecule has 0 amide bonds. The molecule has 2 aliphatic rings. The molecule has 1 nitrogen and oxygen atoms in total. The molecule has 2 fully saturated rings. The van der Waals surface area contributed by atoms with Gasteiger partial charge in [0.25, 0.3) is 0 Å². The van der Waals surface area contributed by atoms with Crippen molar-refractivity contribution in [1.82, 2.24) is 0 Å². The first-order chi connectivity index (χ1) is 6.79. The molecule has 1 N–H and O–H groups in total. The second kappa shape index (κ2) is 4.22. The van der Waals surface area contributed by atoms with Gasteiger partial charge in [-0.25, -0.2) is 0 Å². The number of hydrogen-bond acceptors (Lipinski definition) is 1. The van der Waals surface area contributed by atoms with Crippen molar-refractivity contribution >= 4 is 0 Å². The Balaban J connectivity index is 1.70. The van der Waals surface area contributed by atoms with Crippen LogP contribution in [0, 0.1) is 11.8 Å². The first-order valence-electron chi connectivity index (χ1n) is 6.51. The lowest BCUT2D eigenvalue weighted by molar-refractivity contribution is 0.105. The summed E-state index contributed by atoms with van der Waals surface area (Å²) in [5, 5.41) is 10.4. The van der Waals surface area contributed by atoms with Gasteiger partial charge in [0.2, 0.25) is 0 Å². The third kappa shape index (κ3) is 1.84. The minimum absolute atomic E-state index is 0.204. The molecular weight excluding hydrogens is 172 g/mol. The highest BCUT2D eigenvalue weighted by atomic mass is 16.3. The van der Waals surface area contributed by atoms with Crippen molar-refractivity contribution < 1.29 is 5.11 Å². The highest BCUT2D eigenvalue weighted by Crippen LogP contribution is 2.60. The second-order valence-electron chi connectivity index (χ2n) is 5.30. The fourth-order valence-corrected chi connectivity index (χ4v) is 3.42. The molecule has 1 heteroatoms. The summed E-state index contributed by atoms with van der Waals surface area (Å²) in [6, 6.07) is 0. The van der Waals surface area contributed by atoms with Crippen molar-refractivity contribution in [3.63, 3.8) is 0 Å². The fraction of sp³-hybridized carbons (Fsp3) is 1.00. The number of hydrogen-bond donors (Lipinski definition) is 1. The van der Waals surface area contributed by atoms with Gasteiger partial charge in [-0.05, 0) is 31.1 Å². The van der Waals surface area contributed by atoms with Crippen LogP contribution in [0.4, 0.5) is 0 Å². The van der Waals surface area contributed by atoms with Crippen molar-refractivity contribution in [2.45, 2.75) is 70.3 Å². The Labute approximate surface area is 87.9 Å². The molecule has 2 unspecified atom stereocenters. The number of fused-ring (bicyclic) bond motifs is 1. The summed E-state index contributed by atoms with van der Waals surface area (Å²) in [7, 11) is 0. The summed E-state index contributed by atoms with van der Waals surface area (Å²) >= 11 is 0. The Bertz CT molecular complexity index is 176. The van der Waals surface area contributed by atoms with Crippen LogP contribution in [0.2, 0.25) is 0 Å². The maximum absolute atomic E-state index is 10.4. The quantitative estimate of drug-likeness (QED) is 0.667. The minimum atomic E-state index is -0.204. The molecule has 0 aromatic heterocycles. The smallest absolute Gasteiger partial charge is 0.0711 e. The zero-order valence-electron chi connectivity index (χ0n) is 9.47. The number of rotatable bonds is 5. The Morgan fingerprint density at radius 3 is 2.29 bits per heavy atom. The van der Waals surface area contributed by atoms with Crippen molar-refractivity contribution in [2.75, 3.05) is 0 Å². The van der Waals surface area contributed by atoms with Gasteiger partial charge in [0.15, 0.2) is 0 Å². The van der Waals surface area contributed by atoms with Gasteiger partial charge in [-0.3, -0.25) is 0 Å². The lowest BCUT2D eigenvalue weighted by Crippen LogP contribution is -2.12. The zero-order valence-corrected chi connectivity index (χ0v) is 9.47. The van der Waals surface area contributed by atoms with Crippen LogP contribution in [0.1, 0.15) is 64.7 Å². The van der Waals surface area contributed by atoms with E-state index in [2.05, 4.69) is 6.92 Å². The van der Waals surface area contributed by atoms with Crippen molar-refractivity contribution in [3.8, 4) is 0 Å². The summed E-state index contributed by atoms with van der Waals surface area (Å²) in [5.41, 5.74) is -0.204. The van der Waals surface area contributed by atoms with Gasteiger partial charge in [0, 0.05) is 0 Å². The number of aliphatic hydroxyl groups is 1. The molecule has 0 spiro atoms. The maximum atomic E-state index is 10.4. The van der Waals surface area contributed by atoms with E-state index in [0.29, 0.717) is 11.8 Å². The maximum Gasteiger partial charge on any atom is 0.0711 e. The molecule has 2 atom stereocenters. The normalized spacial score (nSPS) is 40.7. The van der Waals surface area contributed by atoms with E-state index in [1.807, 2.05) is 0 Å². The molecule has 2 aliphatic carbocycles. The van der Waals surface area contributed by atoms with Crippen molar-refractivity contribution in [2.24, 2.45) is 11.8 Å². The third-order valence-electron chi connectivity index (χ3n) is 4.37. The van der Waals surface area contributed by atoms with Crippen LogP contribution < -0.4 is 0 Å². The number of unbranched alkanes of at least 4 members (excludes halogenated alkanes) is 3. The van der Waals surface area contributed by atoms with E-state index in [0.717, 1.165) is 6.42 Å².